The highest BCUT2D eigenvalue weighted by Crippen LogP contribution is 2.31. The van der Waals surface area contributed by atoms with Gasteiger partial charge >= 0.3 is 0 Å². The highest BCUT2D eigenvalue weighted by Gasteiger charge is 2.22. The zero-order valence-electron chi connectivity index (χ0n) is 12.3. The van der Waals surface area contributed by atoms with Crippen LogP contribution in [0.15, 0.2) is 18.5 Å². The second-order valence-electron chi connectivity index (χ2n) is 4.83. The smallest absolute Gasteiger partial charge is 0.137 e. The number of aromatic nitrogens is 3. The monoisotopic (exact) mass is 292 g/mol. The molecule has 0 bridgehead atoms. The van der Waals surface area contributed by atoms with Gasteiger partial charge in [0, 0.05) is 6.20 Å². The Morgan fingerprint density at radius 1 is 1.35 bits per heavy atom. The van der Waals surface area contributed by atoms with E-state index < -0.39 is 0 Å². The molecule has 20 heavy (non-hydrogen) atoms. The number of methoxy groups -OCH3 is 1. The summed E-state index contributed by atoms with van der Waals surface area (Å²) in [6, 6.07) is 2.06. The Kier molecular flexibility index (Phi) is 5.03. The Balaban J connectivity index is 2.42. The summed E-state index contributed by atoms with van der Waals surface area (Å²) in [4.78, 5) is 5.39. The third kappa shape index (κ3) is 3.13. The minimum Gasteiger partial charge on any atom is -0.495 e. The molecule has 0 radical (unpaired) electrons. The van der Waals surface area contributed by atoms with Crippen LogP contribution in [0.1, 0.15) is 48.9 Å². The molecule has 0 aliphatic rings. The predicted octanol–water partition coefficient (Wildman–Crippen LogP) is 2.76. The fourth-order valence-electron chi connectivity index (χ4n) is 2.08. The topological polar surface area (TPSA) is 59.9 Å². The van der Waals surface area contributed by atoms with Gasteiger partial charge < -0.3 is 10.1 Å². The van der Waals surface area contributed by atoms with Gasteiger partial charge in [0.15, 0.2) is 0 Å². The number of pyridine rings is 1. The molecule has 6 heteroatoms. The average molecular weight is 292 g/mol. The van der Waals surface area contributed by atoms with Crippen molar-refractivity contribution in [2.45, 2.75) is 32.7 Å². The van der Waals surface area contributed by atoms with Crippen molar-refractivity contribution in [1.82, 2.24) is 19.9 Å². The van der Waals surface area contributed by atoms with Crippen molar-refractivity contribution in [1.29, 1.82) is 0 Å². The third-order valence-corrected chi connectivity index (χ3v) is 3.87. The number of hydrogen-bond donors (Lipinski definition) is 1. The molecular weight excluding hydrogens is 272 g/mol. The molecule has 0 aliphatic carbocycles. The van der Waals surface area contributed by atoms with E-state index in [1.165, 1.54) is 11.5 Å². The predicted molar refractivity (Wildman–Crippen MR) is 80.3 cm³/mol. The molecule has 0 saturated heterocycles. The zero-order chi connectivity index (χ0) is 14.5. The van der Waals surface area contributed by atoms with E-state index in [0.717, 1.165) is 28.4 Å². The Morgan fingerprint density at radius 2 is 2.15 bits per heavy atom. The van der Waals surface area contributed by atoms with E-state index in [2.05, 4.69) is 40.7 Å². The van der Waals surface area contributed by atoms with E-state index in [0.29, 0.717) is 5.92 Å². The van der Waals surface area contributed by atoms with Gasteiger partial charge in [-0.15, -0.1) is 5.10 Å². The van der Waals surface area contributed by atoms with Crippen LogP contribution in [0.25, 0.3) is 0 Å². The first-order chi connectivity index (χ1) is 9.67. The van der Waals surface area contributed by atoms with E-state index in [1.807, 2.05) is 12.3 Å². The molecule has 0 aromatic carbocycles. The van der Waals surface area contributed by atoms with Gasteiger partial charge in [-0.2, -0.15) is 0 Å². The van der Waals surface area contributed by atoms with Gasteiger partial charge in [-0.25, -0.2) is 0 Å². The summed E-state index contributed by atoms with van der Waals surface area (Å²) < 4.78 is 9.37. The van der Waals surface area contributed by atoms with Crippen molar-refractivity contribution >= 4 is 11.5 Å². The summed E-state index contributed by atoms with van der Waals surface area (Å²) in [7, 11) is 1.65. The molecule has 2 aromatic heterocycles. The van der Waals surface area contributed by atoms with Gasteiger partial charge in [0.2, 0.25) is 0 Å². The molecule has 0 amide bonds. The van der Waals surface area contributed by atoms with Crippen molar-refractivity contribution in [3.63, 3.8) is 0 Å². The van der Waals surface area contributed by atoms with Crippen molar-refractivity contribution in [2.24, 2.45) is 0 Å². The quantitative estimate of drug-likeness (QED) is 0.887. The number of nitrogens with one attached hydrogen (secondary N) is 1. The van der Waals surface area contributed by atoms with Crippen LogP contribution in [-0.2, 0) is 0 Å². The summed E-state index contributed by atoms with van der Waals surface area (Å²) in [6.07, 6.45) is 3.57. The Labute approximate surface area is 123 Å². The summed E-state index contributed by atoms with van der Waals surface area (Å²) in [5.41, 5.74) is 2.11. The maximum Gasteiger partial charge on any atom is 0.137 e. The number of hydrogen-bond acceptors (Lipinski definition) is 6. The van der Waals surface area contributed by atoms with Gasteiger partial charge in [-0.05, 0) is 35.6 Å². The Hall–Kier alpha value is -1.53. The summed E-state index contributed by atoms with van der Waals surface area (Å²) in [5.74, 6) is 1.11. The molecule has 2 heterocycles. The molecule has 1 atom stereocenters. The van der Waals surface area contributed by atoms with E-state index in [4.69, 9.17) is 4.74 Å². The standard InChI is InChI=1S/C14H20N4OS/c1-5-16-13(10-6-11(19-4)8-15-7-10)14-12(9(2)3)17-18-20-14/h6-9,13,16H,5H2,1-4H3. The molecule has 0 spiro atoms. The second-order valence-corrected chi connectivity index (χ2v) is 5.61. The van der Waals surface area contributed by atoms with Crippen LogP contribution in [0.4, 0.5) is 0 Å². The zero-order valence-corrected chi connectivity index (χ0v) is 13.1. The van der Waals surface area contributed by atoms with Crippen LogP contribution in [0.2, 0.25) is 0 Å². The largest absolute Gasteiger partial charge is 0.495 e. The van der Waals surface area contributed by atoms with Crippen LogP contribution >= 0.6 is 11.5 Å². The highest BCUT2D eigenvalue weighted by molar-refractivity contribution is 7.05. The van der Waals surface area contributed by atoms with Crippen molar-refractivity contribution < 1.29 is 4.74 Å². The molecule has 2 rings (SSSR count). The van der Waals surface area contributed by atoms with Gasteiger partial charge in [-0.1, -0.05) is 25.3 Å². The molecule has 0 fully saturated rings. The number of rotatable bonds is 6. The lowest BCUT2D eigenvalue weighted by Crippen LogP contribution is -2.22. The molecule has 1 N–H and O–H groups in total. The van der Waals surface area contributed by atoms with E-state index in [-0.39, 0.29) is 6.04 Å². The van der Waals surface area contributed by atoms with E-state index >= 15 is 0 Å². The molecule has 2 aromatic rings. The highest BCUT2D eigenvalue weighted by atomic mass is 32.1. The van der Waals surface area contributed by atoms with Gasteiger partial charge in [-0.3, -0.25) is 4.98 Å². The van der Waals surface area contributed by atoms with Gasteiger partial charge in [0.1, 0.15) is 5.75 Å². The average Bonchev–Trinajstić information content (AvgIpc) is 2.94. The summed E-state index contributed by atoms with van der Waals surface area (Å²) in [5, 5.41) is 7.75. The second kappa shape index (κ2) is 6.76. The molecule has 1 unspecified atom stereocenters. The van der Waals surface area contributed by atoms with Crippen LogP contribution in [0.5, 0.6) is 5.75 Å². The maximum atomic E-state index is 5.26. The van der Waals surface area contributed by atoms with Gasteiger partial charge in [0.25, 0.3) is 0 Å². The first kappa shape index (κ1) is 14.9. The molecular formula is C14H20N4OS. The van der Waals surface area contributed by atoms with Crippen LogP contribution in [0.3, 0.4) is 0 Å². The molecule has 108 valence electrons. The summed E-state index contributed by atoms with van der Waals surface area (Å²) >= 11 is 1.44. The summed E-state index contributed by atoms with van der Waals surface area (Å²) in [6.45, 7) is 7.21. The van der Waals surface area contributed by atoms with E-state index in [1.54, 1.807) is 13.3 Å². The van der Waals surface area contributed by atoms with Gasteiger partial charge in [0.05, 0.1) is 29.9 Å². The molecule has 0 aliphatic heterocycles. The molecule has 0 saturated carbocycles. The van der Waals surface area contributed by atoms with Crippen LogP contribution in [-0.4, -0.2) is 28.2 Å². The number of nitrogens with zero attached hydrogens (tertiary/aromatic N) is 3. The lowest BCUT2D eigenvalue weighted by Gasteiger charge is -2.18. The van der Waals surface area contributed by atoms with E-state index in [9.17, 15) is 0 Å². The minimum atomic E-state index is 0.0556. The third-order valence-electron chi connectivity index (χ3n) is 3.06. The van der Waals surface area contributed by atoms with Crippen LogP contribution < -0.4 is 10.1 Å². The maximum absolute atomic E-state index is 5.26. The molecule has 5 nitrogen and oxygen atoms in total. The van der Waals surface area contributed by atoms with Crippen molar-refractivity contribution in [2.75, 3.05) is 13.7 Å². The lowest BCUT2D eigenvalue weighted by atomic mass is 10.0. The first-order valence-corrected chi connectivity index (χ1v) is 7.49. The number of ether oxygens (including phenoxy) is 1. The van der Waals surface area contributed by atoms with Crippen molar-refractivity contribution in [3.8, 4) is 5.75 Å². The minimum absolute atomic E-state index is 0.0556. The Morgan fingerprint density at radius 3 is 2.80 bits per heavy atom. The van der Waals surface area contributed by atoms with Crippen LogP contribution in [0, 0.1) is 0 Å². The van der Waals surface area contributed by atoms with Crippen molar-refractivity contribution in [3.05, 3.63) is 34.6 Å². The fraction of sp³-hybridized carbons (Fsp3) is 0.500. The fourth-order valence-corrected chi connectivity index (χ4v) is 2.99. The first-order valence-electron chi connectivity index (χ1n) is 6.71. The normalized spacial score (nSPS) is 12.7. The Bertz CT molecular complexity index is 556. The lowest BCUT2D eigenvalue weighted by molar-refractivity contribution is 0.411. The SMILES string of the molecule is CCNC(c1cncc(OC)c1)c1snnc1C(C)C.